The fourth-order valence-electron chi connectivity index (χ4n) is 2.66. The van der Waals surface area contributed by atoms with Crippen molar-refractivity contribution in [1.29, 1.82) is 0 Å². The van der Waals surface area contributed by atoms with Gasteiger partial charge in [0.25, 0.3) is 0 Å². The molecule has 0 radical (unpaired) electrons. The van der Waals surface area contributed by atoms with Crippen molar-refractivity contribution in [3.8, 4) is 0 Å². The first-order valence-electron chi connectivity index (χ1n) is 6.04. The Kier molecular flexibility index (Phi) is 3.13. The van der Waals surface area contributed by atoms with E-state index >= 15 is 0 Å². The van der Waals surface area contributed by atoms with Gasteiger partial charge in [-0.05, 0) is 38.5 Å². The van der Waals surface area contributed by atoms with E-state index in [0.29, 0.717) is 6.10 Å². The van der Waals surface area contributed by atoms with Crippen molar-refractivity contribution in [3.05, 3.63) is 0 Å². The molecule has 0 unspecified atom stereocenters. The number of rotatable bonds is 5. The topological polar surface area (TPSA) is 12.5 Å². The van der Waals surface area contributed by atoms with Crippen LogP contribution in [0.15, 0.2) is 0 Å². The van der Waals surface area contributed by atoms with E-state index in [-0.39, 0.29) is 0 Å². The molecule has 0 aromatic heterocycles. The summed E-state index contributed by atoms with van der Waals surface area (Å²) in [7, 11) is 0. The Hall–Kier alpha value is -0.0800. The van der Waals surface area contributed by atoms with E-state index in [1.165, 1.54) is 45.3 Å². The molecule has 2 fully saturated rings. The van der Waals surface area contributed by atoms with Crippen LogP contribution < -0.4 is 0 Å². The van der Waals surface area contributed by atoms with E-state index in [1.807, 2.05) is 0 Å². The van der Waals surface area contributed by atoms with Gasteiger partial charge in [-0.15, -0.1) is 0 Å². The molecular formula is C12H23NO. The molecule has 0 aromatic carbocycles. The maximum atomic E-state index is 5.53. The summed E-state index contributed by atoms with van der Waals surface area (Å²) in [4.78, 5) is 2.59. The molecule has 1 heterocycles. The van der Waals surface area contributed by atoms with Crippen LogP contribution in [0.1, 0.15) is 39.5 Å². The quantitative estimate of drug-likeness (QED) is 0.627. The van der Waals surface area contributed by atoms with Crippen LogP contribution >= 0.6 is 0 Å². The Morgan fingerprint density at radius 2 is 2.00 bits per heavy atom. The molecule has 2 rings (SSSR count). The van der Waals surface area contributed by atoms with Gasteiger partial charge in [-0.1, -0.05) is 6.42 Å². The highest BCUT2D eigenvalue weighted by molar-refractivity contribution is 5.00. The van der Waals surface area contributed by atoms with Gasteiger partial charge in [-0.2, -0.15) is 0 Å². The fourth-order valence-corrected chi connectivity index (χ4v) is 2.66. The zero-order valence-electron chi connectivity index (χ0n) is 9.59. The second-order valence-corrected chi connectivity index (χ2v) is 5.34. The molecule has 1 spiro atoms. The molecule has 0 bridgehead atoms. The Morgan fingerprint density at radius 3 is 2.50 bits per heavy atom. The van der Waals surface area contributed by atoms with Crippen molar-refractivity contribution in [3.63, 3.8) is 0 Å². The lowest BCUT2D eigenvalue weighted by Gasteiger charge is -2.56. The second-order valence-electron chi connectivity index (χ2n) is 5.34. The zero-order chi connectivity index (χ0) is 10.0. The largest absolute Gasteiger partial charge is 0.379 e. The van der Waals surface area contributed by atoms with E-state index in [1.54, 1.807) is 0 Å². The predicted octanol–water partition coefficient (Wildman–Crippen LogP) is 2.29. The molecule has 1 aliphatic carbocycles. The van der Waals surface area contributed by atoms with Crippen molar-refractivity contribution in [2.45, 2.75) is 45.6 Å². The van der Waals surface area contributed by atoms with Crippen LogP contribution in [0.25, 0.3) is 0 Å². The van der Waals surface area contributed by atoms with Crippen molar-refractivity contribution in [1.82, 2.24) is 4.90 Å². The fraction of sp³-hybridized carbons (Fsp3) is 1.00. The average molecular weight is 197 g/mol. The molecule has 0 N–H and O–H groups in total. The summed E-state index contributed by atoms with van der Waals surface area (Å²) >= 11 is 0. The molecular weight excluding hydrogens is 174 g/mol. The highest BCUT2D eigenvalue weighted by Crippen LogP contribution is 2.47. The van der Waals surface area contributed by atoms with E-state index in [4.69, 9.17) is 4.74 Å². The minimum absolute atomic E-state index is 0.393. The Morgan fingerprint density at radius 1 is 1.29 bits per heavy atom. The molecule has 2 heteroatoms. The highest BCUT2D eigenvalue weighted by atomic mass is 16.5. The smallest absolute Gasteiger partial charge is 0.0518 e. The predicted molar refractivity (Wildman–Crippen MR) is 58.4 cm³/mol. The van der Waals surface area contributed by atoms with Gasteiger partial charge in [0.1, 0.15) is 0 Å². The van der Waals surface area contributed by atoms with Gasteiger partial charge >= 0.3 is 0 Å². The van der Waals surface area contributed by atoms with Crippen LogP contribution in [0.3, 0.4) is 0 Å². The lowest BCUT2D eigenvalue weighted by Crippen LogP contribution is -2.59. The highest BCUT2D eigenvalue weighted by Gasteiger charge is 2.46. The van der Waals surface area contributed by atoms with E-state index in [2.05, 4.69) is 18.7 Å². The minimum atomic E-state index is 0.393. The lowest BCUT2D eigenvalue weighted by molar-refractivity contribution is -0.0634. The molecule has 1 aliphatic heterocycles. The summed E-state index contributed by atoms with van der Waals surface area (Å²) in [6.07, 6.45) is 6.06. The molecule has 0 aromatic rings. The summed E-state index contributed by atoms with van der Waals surface area (Å²) in [6, 6.07) is 0. The number of hydrogen-bond donors (Lipinski definition) is 0. The molecule has 2 aliphatic rings. The van der Waals surface area contributed by atoms with Crippen molar-refractivity contribution in [2.75, 3.05) is 26.2 Å². The molecule has 2 nitrogen and oxygen atoms in total. The van der Waals surface area contributed by atoms with Crippen LogP contribution in [0.2, 0.25) is 0 Å². The molecule has 0 amide bonds. The number of likely N-dealkylation sites (tertiary alicyclic amines) is 1. The summed E-state index contributed by atoms with van der Waals surface area (Å²) in [5.41, 5.74) is 0.791. The summed E-state index contributed by atoms with van der Waals surface area (Å²) in [5.74, 6) is 0. The molecule has 0 atom stereocenters. The maximum absolute atomic E-state index is 5.53. The van der Waals surface area contributed by atoms with Crippen LogP contribution in [-0.4, -0.2) is 37.2 Å². The van der Waals surface area contributed by atoms with E-state index in [0.717, 1.165) is 12.0 Å². The first kappa shape index (κ1) is 10.4. The van der Waals surface area contributed by atoms with Crippen LogP contribution in [0.4, 0.5) is 0 Å². The Balaban J connectivity index is 1.48. The van der Waals surface area contributed by atoms with Gasteiger partial charge < -0.3 is 9.64 Å². The number of nitrogens with zero attached hydrogens (tertiary/aromatic N) is 1. The third-order valence-corrected chi connectivity index (χ3v) is 3.60. The Labute approximate surface area is 87.6 Å². The van der Waals surface area contributed by atoms with Crippen LogP contribution in [0, 0.1) is 5.41 Å². The van der Waals surface area contributed by atoms with Gasteiger partial charge in [0, 0.05) is 26.2 Å². The second kappa shape index (κ2) is 4.19. The Bertz CT molecular complexity index is 179. The summed E-state index contributed by atoms with van der Waals surface area (Å²) in [6.45, 7) is 9.12. The van der Waals surface area contributed by atoms with Crippen molar-refractivity contribution >= 4 is 0 Å². The number of ether oxygens (including phenoxy) is 1. The zero-order valence-corrected chi connectivity index (χ0v) is 9.59. The molecule has 1 saturated carbocycles. The van der Waals surface area contributed by atoms with Crippen molar-refractivity contribution < 1.29 is 4.74 Å². The van der Waals surface area contributed by atoms with E-state index < -0.39 is 0 Å². The average Bonchev–Trinajstić information content (AvgIpc) is 1.96. The maximum Gasteiger partial charge on any atom is 0.0518 e. The van der Waals surface area contributed by atoms with Crippen LogP contribution in [-0.2, 0) is 4.74 Å². The van der Waals surface area contributed by atoms with E-state index in [9.17, 15) is 0 Å². The summed E-state index contributed by atoms with van der Waals surface area (Å²) < 4.78 is 5.53. The lowest BCUT2D eigenvalue weighted by atomic mass is 9.63. The minimum Gasteiger partial charge on any atom is -0.379 e. The third kappa shape index (κ3) is 2.29. The third-order valence-electron chi connectivity index (χ3n) is 3.60. The molecule has 1 saturated heterocycles. The first-order chi connectivity index (χ1) is 6.70. The van der Waals surface area contributed by atoms with Gasteiger partial charge in [0.05, 0.1) is 6.10 Å². The molecule has 14 heavy (non-hydrogen) atoms. The monoisotopic (exact) mass is 197 g/mol. The van der Waals surface area contributed by atoms with Crippen LogP contribution in [0.5, 0.6) is 0 Å². The van der Waals surface area contributed by atoms with Gasteiger partial charge in [-0.3, -0.25) is 0 Å². The van der Waals surface area contributed by atoms with Gasteiger partial charge in [0.15, 0.2) is 0 Å². The first-order valence-corrected chi connectivity index (χ1v) is 6.04. The SMILES string of the molecule is CC(C)OCCCN1CC2(CCC2)C1. The standard InChI is InChI=1S/C12H23NO/c1-11(2)14-8-4-7-13-9-12(10-13)5-3-6-12/h11H,3-10H2,1-2H3. The molecule has 82 valence electrons. The van der Waals surface area contributed by atoms with Gasteiger partial charge in [0.2, 0.25) is 0 Å². The van der Waals surface area contributed by atoms with Crippen molar-refractivity contribution in [2.24, 2.45) is 5.41 Å². The normalized spacial score (nSPS) is 25.1. The number of hydrogen-bond acceptors (Lipinski definition) is 2. The van der Waals surface area contributed by atoms with Gasteiger partial charge in [-0.25, -0.2) is 0 Å². The summed E-state index contributed by atoms with van der Waals surface area (Å²) in [5, 5.41) is 0.